The van der Waals surface area contributed by atoms with Gasteiger partial charge >= 0.3 is 0 Å². The molecule has 1 rings (SSSR count). The summed E-state index contributed by atoms with van der Waals surface area (Å²) in [4.78, 5) is 1.99. The number of ether oxygens (including phenoxy) is 1. The van der Waals surface area contributed by atoms with E-state index in [0.29, 0.717) is 5.96 Å². The van der Waals surface area contributed by atoms with Crippen molar-refractivity contribution in [2.24, 2.45) is 22.1 Å². The first kappa shape index (κ1) is 10.1. The van der Waals surface area contributed by atoms with Crippen molar-refractivity contribution < 1.29 is 4.74 Å². The molecule has 5 heteroatoms. The van der Waals surface area contributed by atoms with Gasteiger partial charge in [0, 0.05) is 25.6 Å². The van der Waals surface area contributed by atoms with Gasteiger partial charge in [0.1, 0.15) is 0 Å². The van der Waals surface area contributed by atoms with Crippen molar-refractivity contribution >= 4 is 5.96 Å². The second-order valence-electron chi connectivity index (χ2n) is 3.90. The fraction of sp³-hybridized carbons (Fsp3) is 0.875. The molecule has 13 heavy (non-hydrogen) atoms. The fourth-order valence-corrected chi connectivity index (χ4v) is 1.77. The van der Waals surface area contributed by atoms with Gasteiger partial charge in [-0.1, -0.05) is 6.92 Å². The smallest absolute Gasteiger partial charge is 0.213 e. The van der Waals surface area contributed by atoms with Crippen LogP contribution in [-0.4, -0.2) is 37.7 Å². The summed E-state index contributed by atoms with van der Waals surface area (Å²) >= 11 is 0. The monoisotopic (exact) mass is 186 g/mol. The van der Waals surface area contributed by atoms with Crippen LogP contribution in [0.3, 0.4) is 0 Å². The number of hydrazone groups is 1. The van der Waals surface area contributed by atoms with Gasteiger partial charge in [-0.15, -0.1) is 5.10 Å². The molecular weight excluding hydrogens is 168 g/mol. The molecule has 0 bridgehead atoms. The molecule has 0 radical (unpaired) electrons. The normalized spacial score (nSPS) is 29.7. The van der Waals surface area contributed by atoms with Gasteiger partial charge in [0.2, 0.25) is 5.96 Å². The Hall–Kier alpha value is -0.970. The van der Waals surface area contributed by atoms with Crippen molar-refractivity contribution in [1.29, 1.82) is 0 Å². The van der Waals surface area contributed by atoms with Gasteiger partial charge in [-0.2, -0.15) is 0 Å². The highest BCUT2D eigenvalue weighted by Crippen LogP contribution is 2.29. The van der Waals surface area contributed by atoms with E-state index in [0.717, 1.165) is 26.1 Å². The third-order valence-corrected chi connectivity index (χ3v) is 2.51. The second kappa shape index (κ2) is 3.83. The van der Waals surface area contributed by atoms with Crippen molar-refractivity contribution in [3.05, 3.63) is 0 Å². The average molecular weight is 186 g/mol. The van der Waals surface area contributed by atoms with Crippen molar-refractivity contribution in [1.82, 2.24) is 4.90 Å². The zero-order valence-electron chi connectivity index (χ0n) is 8.29. The molecule has 0 spiro atoms. The van der Waals surface area contributed by atoms with Gasteiger partial charge in [-0.3, -0.25) is 0 Å². The first-order valence-corrected chi connectivity index (χ1v) is 4.38. The van der Waals surface area contributed by atoms with Gasteiger partial charge in [-0.05, 0) is 6.42 Å². The summed E-state index contributed by atoms with van der Waals surface area (Å²) in [6.45, 7) is 4.71. The number of nitrogens with two attached hydrogens (primary N) is 2. The van der Waals surface area contributed by atoms with E-state index < -0.39 is 0 Å². The lowest BCUT2D eigenvalue weighted by atomic mass is 9.91. The molecule has 5 nitrogen and oxygen atoms in total. The van der Waals surface area contributed by atoms with E-state index in [1.54, 1.807) is 7.11 Å². The lowest BCUT2D eigenvalue weighted by Gasteiger charge is -2.23. The highest BCUT2D eigenvalue weighted by Gasteiger charge is 2.34. The van der Waals surface area contributed by atoms with Gasteiger partial charge in [0.15, 0.2) is 0 Å². The minimum Gasteiger partial charge on any atom is -0.384 e. The molecule has 1 aliphatic rings. The first-order chi connectivity index (χ1) is 6.11. The Morgan fingerprint density at radius 2 is 2.38 bits per heavy atom. The van der Waals surface area contributed by atoms with Crippen LogP contribution in [0.1, 0.15) is 13.3 Å². The molecule has 0 amide bonds. The number of methoxy groups -OCH3 is 1. The summed E-state index contributed by atoms with van der Waals surface area (Å²) in [5.74, 6) is 5.52. The average Bonchev–Trinajstić information content (AvgIpc) is 2.47. The molecule has 0 aromatic heterocycles. The maximum atomic E-state index is 5.61. The van der Waals surface area contributed by atoms with E-state index in [-0.39, 0.29) is 5.41 Å². The first-order valence-electron chi connectivity index (χ1n) is 4.38. The van der Waals surface area contributed by atoms with Crippen LogP contribution in [0.5, 0.6) is 0 Å². The molecule has 0 aromatic carbocycles. The predicted octanol–water partition coefficient (Wildman–Crippen LogP) is -0.467. The Bertz CT molecular complexity index is 206. The summed E-state index contributed by atoms with van der Waals surface area (Å²) in [5, 5.41) is 3.48. The number of nitrogens with zero attached hydrogens (tertiary/aromatic N) is 2. The number of rotatable bonds is 2. The van der Waals surface area contributed by atoms with E-state index >= 15 is 0 Å². The summed E-state index contributed by atoms with van der Waals surface area (Å²) < 4.78 is 5.15. The molecule has 1 aliphatic heterocycles. The second-order valence-corrected chi connectivity index (χ2v) is 3.90. The summed E-state index contributed by atoms with van der Waals surface area (Å²) in [6, 6.07) is 0. The molecule has 1 atom stereocenters. The Kier molecular flexibility index (Phi) is 2.98. The molecule has 0 aliphatic carbocycles. The Morgan fingerprint density at radius 3 is 2.92 bits per heavy atom. The standard InChI is InChI=1S/C8H18N4O/c1-8(6-13-2)3-4-12(5-8)7(9)11-10/h3-6,10H2,1-2H3,(H2,9,11). The highest BCUT2D eigenvalue weighted by molar-refractivity contribution is 5.78. The van der Waals surface area contributed by atoms with Crippen LogP contribution < -0.4 is 11.6 Å². The lowest BCUT2D eigenvalue weighted by Crippen LogP contribution is -2.38. The van der Waals surface area contributed by atoms with Crippen LogP contribution in [0.4, 0.5) is 0 Å². The van der Waals surface area contributed by atoms with Crippen LogP contribution >= 0.6 is 0 Å². The van der Waals surface area contributed by atoms with Gasteiger partial charge < -0.3 is 21.2 Å². The third-order valence-electron chi connectivity index (χ3n) is 2.51. The van der Waals surface area contributed by atoms with E-state index in [9.17, 15) is 0 Å². The number of hydrogen-bond acceptors (Lipinski definition) is 3. The zero-order valence-corrected chi connectivity index (χ0v) is 8.29. The predicted molar refractivity (Wildman–Crippen MR) is 52.0 cm³/mol. The maximum Gasteiger partial charge on any atom is 0.213 e. The minimum absolute atomic E-state index is 0.185. The summed E-state index contributed by atoms with van der Waals surface area (Å²) in [6.07, 6.45) is 1.07. The summed E-state index contributed by atoms with van der Waals surface area (Å²) in [7, 11) is 1.72. The Morgan fingerprint density at radius 1 is 1.69 bits per heavy atom. The molecule has 1 fully saturated rings. The van der Waals surface area contributed by atoms with Crippen LogP contribution in [0.25, 0.3) is 0 Å². The SMILES string of the molecule is COCC1(C)CCN(/C(N)=N/N)C1. The zero-order chi connectivity index (χ0) is 9.90. The number of likely N-dealkylation sites (tertiary alicyclic amines) is 1. The van der Waals surface area contributed by atoms with Gasteiger partial charge in [0.25, 0.3) is 0 Å². The van der Waals surface area contributed by atoms with Crippen LogP contribution in [0.2, 0.25) is 0 Å². The number of hydrogen-bond donors (Lipinski definition) is 2. The Balaban J connectivity index is 2.53. The quantitative estimate of drug-likeness (QED) is 0.265. The van der Waals surface area contributed by atoms with Gasteiger partial charge in [-0.25, -0.2) is 0 Å². The third kappa shape index (κ3) is 2.24. The molecule has 76 valence electrons. The van der Waals surface area contributed by atoms with Crippen LogP contribution in [0.15, 0.2) is 5.10 Å². The van der Waals surface area contributed by atoms with Crippen molar-refractivity contribution in [3.8, 4) is 0 Å². The van der Waals surface area contributed by atoms with Crippen molar-refractivity contribution in [2.45, 2.75) is 13.3 Å². The van der Waals surface area contributed by atoms with E-state index in [4.69, 9.17) is 16.3 Å². The molecule has 1 unspecified atom stereocenters. The molecule has 0 saturated carbocycles. The summed E-state index contributed by atoms with van der Waals surface area (Å²) in [5.41, 5.74) is 5.79. The fourth-order valence-electron chi connectivity index (χ4n) is 1.77. The highest BCUT2D eigenvalue weighted by atomic mass is 16.5. The van der Waals surface area contributed by atoms with E-state index in [1.165, 1.54) is 0 Å². The van der Waals surface area contributed by atoms with Gasteiger partial charge in [0.05, 0.1) is 6.61 Å². The largest absolute Gasteiger partial charge is 0.384 e. The minimum atomic E-state index is 0.185. The van der Waals surface area contributed by atoms with E-state index in [1.807, 2.05) is 4.90 Å². The molecular formula is C8H18N4O. The Labute approximate surface area is 78.7 Å². The van der Waals surface area contributed by atoms with E-state index in [2.05, 4.69) is 12.0 Å². The van der Waals surface area contributed by atoms with Crippen LogP contribution in [-0.2, 0) is 4.74 Å². The van der Waals surface area contributed by atoms with Crippen molar-refractivity contribution in [2.75, 3.05) is 26.8 Å². The molecule has 0 aromatic rings. The van der Waals surface area contributed by atoms with Crippen LogP contribution in [0, 0.1) is 5.41 Å². The lowest BCUT2D eigenvalue weighted by molar-refractivity contribution is 0.101. The topological polar surface area (TPSA) is 76.9 Å². The number of guanidine groups is 1. The maximum absolute atomic E-state index is 5.61. The molecule has 1 heterocycles. The van der Waals surface area contributed by atoms with Crippen molar-refractivity contribution in [3.63, 3.8) is 0 Å². The molecule has 1 saturated heterocycles. The molecule has 4 N–H and O–H groups in total.